The van der Waals surface area contributed by atoms with E-state index in [2.05, 4.69) is 205 Å². The van der Waals surface area contributed by atoms with Gasteiger partial charge in [0.05, 0.1) is 0 Å². The van der Waals surface area contributed by atoms with Crippen LogP contribution in [0.4, 0.5) is 17.1 Å². The second-order valence-corrected chi connectivity index (χ2v) is 14.1. The van der Waals surface area contributed by atoms with Crippen LogP contribution >= 0.6 is 0 Å². The van der Waals surface area contributed by atoms with E-state index in [0.29, 0.717) is 0 Å². The molecule has 55 heavy (non-hydrogen) atoms. The van der Waals surface area contributed by atoms with E-state index in [-0.39, 0.29) is 0 Å². The van der Waals surface area contributed by atoms with E-state index < -0.39 is 0 Å². The highest BCUT2D eigenvalue weighted by molar-refractivity contribution is 6.22. The van der Waals surface area contributed by atoms with Gasteiger partial charge in [0.15, 0.2) is 0 Å². The molecule has 0 saturated carbocycles. The molecule has 0 aliphatic rings. The molecule has 0 amide bonds. The van der Waals surface area contributed by atoms with Crippen molar-refractivity contribution < 1.29 is 8.83 Å². The molecule has 258 valence electrons. The Morgan fingerprint density at radius 1 is 0.273 bits per heavy atom. The van der Waals surface area contributed by atoms with Crippen molar-refractivity contribution >= 4 is 71.7 Å². The van der Waals surface area contributed by atoms with Gasteiger partial charge in [0, 0.05) is 50.7 Å². The van der Waals surface area contributed by atoms with E-state index in [4.69, 9.17) is 8.83 Å². The molecule has 11 rings (SSSR count). The number of rotatable bonds is 6. The quantitative estimate of drug-likeness (QED) is 0.173. The minimum atomic E-state index is 0.839. The molecule has 9 aromatic carbocycles. The van der Waals surface area contributed by atoms with Crippen molar-refractivity contribution in [3.05, 3.63) is 200 Å². The number of furan rings is 2. The van der Waals surface area contributed by atoms with Crippen molar-refractivity contribution in [2.75, 3.05) is 4.90 Å². The Labute approximate surface area is 317 Å². The Balaban J connectivity index is 1.10. The molecular formula is C52H33NO2. The Bertz CT molecular complexity index is 3180. The maximum absolute atomic E-state index is 6.78. The standard InChI is InChI=1S/C52H33NO2/c1-4-13-34(14-5-1)35-23-25-38(26-24-35)53(39-27-29-44-48(31-39)54-47-22-12-21-41(51(44)47)36-15-6-2-7-16-36)40-28-30-45-49(32-40)55-50-33-46(37-17-8-3-9-18-37)42-19-10-11-20-43(42)52(45)50/h1-33H. The zero-order valence-corrected chi connectivity index (χ0v) is 29.8. The van der Waals surface area contributed by atoms with Crippen LogP contribution in [-0.2, 0) is 0 Å². The van der Waals surface area contributed by atoms with Gasteiger partial charge in [-0.3, -0.25) is 0 Å². The normalized spacial score (nSPS) is 11.6. The molecule has 0 unspecified atom stereocenters. The fourth-order valence-electron chi connectivity index (χ4n) is 8.32. The monoisotopic (exact) mass is 703 g/mol. The molecule has 0 fully saturated rings. The average Bonchev–Trinajstić information content (AvgIpc) is 3.82. The van der Waals surface area contributed by atoms with E-state index in [1.165, 1.54) is 33.0 Å². The number of hydrogen-bond acceptors (Lipinski definition) is 3. The molecule has 0 saturated heterocycles. The lowest BCUT2D eigenvalue weighted by atomic mass is 9.95. The van der Waals surface area contributed by atoms with Gasteiger partial charge >= 0.3 is 0 Å². The van der Waals surface area contributed by atoms with Crippen LogP contribution in [0.3, 0.4) is 0 Å². The van der Waals surface area contributed by atoms with Gasteiger partial charge in [0.1, 0.15) is 22.3 Å². The van der Waals surface area contributed by atoms with Crippen LogP contribution < -0.4 is 4.90 Å². The highest BCUT2D eigenvalue weighted by atomic mass is 16.3. The number of anilines is 3. The van der Waals surface area contributed by atoms with E-state index in [9.17, 15) is 0 Å². The molecule has 2 aromatic heterocycles. The summed E-state index contributed by atoms with van der Waals surface area (Å²) >= 11 is 0. The van der Waals surface area contributed by atoms with Crippen LogP contribution in [0.25, 0.3) is 88.0 Å². The Hall–Kier alpha value is -7.36. The minimum absolute atomic E-state index is 0.839. The van der Waals surface area contributed by atoms with Crippen molar-refractivity contribution in [3.63, 3.8) is 0 Å². The summed E-state index contributed by atoms with van der Waals surface area (Å²) in [7, 11) is 0. The van der Waals surface area contributed by atoms with Crippen LogP contribution in [0.1, 0.15) is 0 Å². The highest BCUT2D eigenvalue weighted by Crippen LogP contribution is 2.45. The van der Waals surface area contributed by atoms with Gasteiger partial charge < -0.3 is 13.7 Å². The van der Waals surface area contributed by atoms with Gasteiger partial charge in [-0.15, -0.1) is 0 Å². The Morgan fingerprint density at radius 2 is 0.782 bits per heavy atom. The third kappa shape index (κ3) is 5.20. The van der Waals surface area contributed by atoms with Crippen molar-refractivity contribution in [2.24, 2.45) is 0 Å². The van der Waals surface area contributed by atoms with E-state index in [0.717, 1.165) is 72.1 Å². The Kier molecular flexibility index (Phi) is 7.17. The first-order valence-corrected chi connectivity index (χ1v) is 18.7. The van der Waals surface area contributed by atoms with Crippen LogP contribution in [0.15, 0.2) is 209 Å². The molecule has 0 N–H and O–H groups in total. The summed E-state index contributed by atoms with van der Waals surface area (Å²) in [6.45, 7) is 0. The van der Waals surface area contributed by atoms with Gasteiger partial charge in [0.25, 0.3) is 0 Å². The zero-order valence-electron chi connectivity index (χ0n) is 29.8. The summed E-state index contributed by atoms with van der Waals surface area (Å²) in [5, 5.41) is 6.83. The first-order chi connectivity index (χ1) is 27.3. The lowest BCUT2D eigenvalue weighted by Gasteiger charge is -2.25. The highest BCUT2D eigenvalue weighted by Gasteiger charge is 2.20. The largest absolute Gasteiger partial charge is 0.456 e. The first kappa shape index (κ1) is 31.2. The number of fused-ring (bicyclic) bond motifs is 8. The second-order valence-electron chi connectivity index (χ2n) is 14.1. The fraction of sp³-hybridized carbons (Fsp3) is 0. The molecule has 0 radical (unpaired) electrons. The Morgan fingerprint density at radius 3 is 1.44 bits per heavy atom. The molecule has 3 nitrogen and oxygen atoms in total. The van der Waals surface area contributed by atoms with Gasteiger partial charge in [-0.2, -0.15) is 0 Å². The maximum atomic E-state index is 6.78. The van der Waals surface area contributed by atoms with Crippen molar-refractivity contribution in [1.29, 1.82) is 0 Å². The molecule has 11 aromatic rings. The summed E-state index contributed by atoms with van der Waals surface area (Å²) in [6, 6.07) is 70.7. The van der Waals surface area contributed by atoms with Crippen LogP contribution in [0.2, 0.25) is 0 Å². The van der Waals surface area contributed by atoms with E-state index in [1.807, 2.05) is 0 Å². The number of hydrogen-bond donors (Lipinski definition) is 0. The lowest BCUT2D eigenvalue weighted by Crippen LogP contribution is -2.09. The SMILES string of the molecule is c1ccc(-c2ccc(N(c3ccc4c(c3)oc3cccc(-c5ccccc5)c34)c3ccc4c(c3)oc3cc(-c5ccccc5)c5ccccc5c34)cc2)cc1. The van der Waals surface area contributed by atoms with Gasteiger partial charge in [-0.05, 0) is 92.7 Å². The third-order valence-corrected chi connectivity index (χ3v) is 10.9. The molecule has 0 spiro atoms. The average molecular weight is 704 g/mol. The van der Waals surface area contributed by atoms with Crippen molar-refractivity contribution in [1.82, 2.24) is 0 Å². The maximum Gasteiger partial charge on any atom is 0.137 e. The molecule has 0 aliphatic carbocycles. The molecule has 0 aliphatic heterocycles. The lowest BCUT2D eigenvalue weighted by molar-refractivity contribution is 0.669. The van der Waals surface area contributed by atoms with Gasteiger partial charge in [-0.1, -0.05) is 140 Å². The zero-order chi connectivity index (χ0) is 36.3. The third-order valence-electron chi connectivity index (χ3n) is 10.9. The van der Waals surface area contributed by atoms with E-state index >= 15 is 0 Å². The summed E-state index contributed by atoms with van der Waals surface area (Å²) in [6.07, 6.45) is 0. The molecule has 3 heteroatoms. The van der Waals surface area contributed by atoms with Gasteiger partial charge in [-0.25, -0.2) is 0 Å². The fourth-order valence-corrected chi connectivity index (χ4v) is 8.32. The van der Waals surface area contributed by atoms with E-state index in [1.54, 1.807) is 0 Å². The predicted octanol–water partition coefficient (Wildman–Crippen LogP) is 15.1. The van der Waals surface area contributed by atoms with Gasteiger partial charge in [0.2, 0.25) is 0 Å². The topological polar surface area (TPSA) is 29.5 Å². The smallest absolute Gasteiger partial charge is 0.137 e. The number of nitrogens with zero attached hydrogens (tertiary/aromatic N) is 1. The molecule has 2 heterocycles. The predicted molar refractivity (Wildman–Crippen MR) is 229 cm³/mol. The molecule has 0 atom stereocenters. The van der Waals surface area contributed by atoms with Crippen molar-refractivity contribution in [2.45, 2.75) is 0 Å². The summed E-state index contributed by atoms with van der Waals surface area (Å²) in [5.74, 6) is 0. The number of benzene rings is 9. The van der Waals surface area contributed by atoms with Crippen molar-refractivity contribution in [3.8, 4) is 33.4 Å². The minimum Gasteiger partial charge on any atom is -0.456 e. The van der Waals surface area contributed by atoms with Crippen LogP contribution in [0.5, 0.6) is 0 Å². The summed E-state index contributed by atoms with van der Waals surface area (Å²) in [5.41, 5.74) is 13.5. The van der Waals surface area contributed by atoms with Crippen LogP contribution in [0, 0.1) is 0 Å². The summed E-state index contributed by atoms with van der Waals surface area (Å²) in [4.78, 5) is 2.29. The first-order valence-electron chi connectivity index (χ1n) is 18.7. The molecular weight excluding hydrogens is 671 g/mol. The summed E-state index contributed by atoms with van der Waals surface area (Å²) < 4.78 is 13.4. The molecule has 0 bridgehead atoms. The second kappa shape index (κ2) is 12.6. The van der Waals surface area contributed by atoms with Crippen LogP contribution in [-0.4, -0.2) is 0 Å².